The van der Waals surface area contributed by atoms with Crippen LogP contribution in [-0.4, -0.2) is 46.7 Å². The number of nitrogens with one attached hydrogen (secondary N) is 2. The number of carbonyl (C=O) groups is 4. The fourth-order valence-corrected chi connectivity index (χ4v) is 2.13. The zero-order valence-corrected chi connectivity index (χ0v) is 12.7. The van der Waals surface area contributed by atoms with Crippen LogP contribution in [0.25, 0.3) is 0 Å². The largest absolute Gasteiger partial charge is 0.338 e. The molecular weight excluding hydrogens is 320 g/mol. The average molecular weight is 334 g/mol. The Morgan fingerprint density at radius 3 is 2.50 bits per heavy atom. The van der Waals surface area contributed by atoms with Gasteiger partial charge in [-0.3, -0.25) is 34.7 Å². The molecule has 0 aromatic heterocycles. The van der Waals surface area contributed by atoms with Gasteiger partial charge in [0.15, 0.2) is 0 Å². The third-order valence-electron chi connectivity index (χ3n) is 3.26. The normalized spacial score (nSPS) is 12.8. The molecule has 0 saturated heterocycles. The lowest BCUT2D eigenvalue weighted by Crippen LogP contribution is -2.46. The lowest BCUT2D eigenvalue weighted by atomic mass is 10.1. The predicted octanol–water partition coefficient (Wildman–Crippen LogP) is 0.427. The van der Waals surface area contributed by atoms with E-state index in [2.05, 4.69) is 5.32 Å². The highest BCUT2D eigenvalue weighted by Crippen LogP contribution is 2.26. The van der Waals surface area contributed by atoms with E-state index in [-0.39, 0.29) is 16.8 Å². The second-order valence-electron chi connectivity index (χ2n) is 4.99. The number of hydrogen-bond acceptors (Lipinski definition) is 6. The van der Waals surface area contributed by atoms with Crippen molar-refractivity contribution < 1.29 is 24.1 Å². The molecule has 10 nitrogen and oxygen atoms in total. The summed E-state index contributed by atoms with van der Waals surface area (Å²) in [5.74, 6) is -2.40. The second-order valence-corrected chi connectivity index (χ2v) is 4.99. The molecule has 24 heavy (non-hydrogen) atoms. The van der Waals surface area contributed by atoms with Crippen LogP contribution in [0.15, 0.2) is 18.2 Å². The van der Waals surface area contributed by atoms with Crippen LogP contribution in [0.4, 0.5) is 10.5 Å². The number of hydrogen-bond donors (Lipinski definition) is 2. The Kier molecular flexibility index (Phi) is 4.87. The van der Waals surface area contributed by atoms with Gasteiger partial charge >= 0.3 is 6.03 Å². The van der Waals surface area contributed by atoms with Crippen LogP contribution in [0.3, 0.4) is 0 Å². The standard InChI is InChI=1S/C14H14N4O6/c1-2-5-15-14(22)16-11(19)7-17-12(20)9-4-3-8(18(23)24)6-10(9)13(17)21/h3-4,6H,2,5,7H2,1H3,(H2,15,16,19,22). The molecule has 0 radical (unpaired) electrons. The van der Waals surface area contributed by atoms with Gasteiger partial charge in [0.05, 0.1) is 16.1 Å². The molecule has 1 aromatic carbocycles. The number of rotatable bonds is 5. The van der Waals surface area contributed by atoms with E-state index in [1.807, 2.05) is 12.2 Å². The average Bonchev–Trinajstić information content (AvgIpc) is 2.77. The Hall–Kier alpha value is -3.30. The number of nitro benzene ring substituents is 1. The third-order valence-corrected chi connectivity index (χ3v) is 3.26. The molecule has 1 aromatic rings. The monoisotopic (exact) mass is 334 g/mol. The molecule has 0 saturated carbocycles. The molecule has 0 bridgehead atoms. The lowest BCUT2D eigenvalue weighted by Gasteiger charge is -2.13. The second kappa shape index (κ2) is 6.86. The van der Waals surface area contributed by atoms with Crippen molar-refractivity contribution in [3.8, 4) is 0 Å². The summed E-state index contributed by atoms with van der Waals surface area (Å²) in [6.07, 6.45) is 0.679. The van der Waals surface area contributed by atoms with Gasteiger partial charge < -0.3 is 5.32 Å². The maximum absolute atomic E-state index is 12.2. The van der Waals surface area contributed by atoms with Gasteiger partial charge in [0.1, 0.15) is 6.54 Å². The van der Waals surface area contributed by atoms with E-state index in [0.29, 0.717) is 17.9 Å². The molecule has 1 aliphatic rings. The van der Waals surface area contributed by atoms with Crippen LogP contribution >= 0.6 is 0 Å². The van der Waals surface area contributed by atoms with Gasteiger partial charge in [0.2, 0.25) is 5.91 Å². The van der Waals surface area contributed by atoms with E-state index in [1.54, 1.807) is 0 Å². The van der Waals surface area contributed by atoms with Crippen molar-refractivity contribution in [2.24, 2.45) is 0 Å². The Labute approximate surface area is 136 Å². The number of imide groups is 2. The first-order valence-electron chi connectivity index (χ1n) is 7.07. The molecule has 1 aliphatic heterocycles. The van der Waals surface area contributed by atoms with Crippen LogP contribution in [0.5, 0.6) is 0 Å². The van der Waals surface area contributed by atoms with Crippen LogP contribution in [-0.2, 0) is 4.79 Å². The quantitative estimate of drug-likeness (QED) is 0.455. The summed E-state index contributed by atoms with van der Waals surface area (Å²) in [5, 5.41) is 15.2. The molecule has 10 heteroatoms. The summed E-state index contributed by atoms with van der Waals surface area (Å²) in [6.45, 7) is 1.55. The first-order chi connectivity index (χ1) is 11.3. The topological polar surface area (TPSA) is 139 Å². The highest BCUT2D eigenvalue weighted by atomic mass is 16.6. The molecule has 2 rings (SSSR count). The van der Waals surface area contributed by atoms with Gasteiger partial charge in [-0.2, -0.15) is 0 Å². The minimum Gasteiger partial charge on any atom is -0.338 e. The van der Waals surface area contributed by atoms with E-state index >= 15 is 0 Å². The van der Waals surface area contributed by atoms with Crippen molar-refractivity contribution in [2.75, 3.05) is 13.1 Å². The number of amides is 5. The van der Waals surface area contributed by atoms with Gasteiger partial charge in [-0.15, -0.1) is 0 Å². The van der Waals surface area contributed by atoms with Crippen LogP contribution in [0, 0.1) is 10.1 Å². The Bertz CT molecular complexity index is 745. The van der Waals surface area contributed by atoms with Gasteiger partial charge in [-0.1, -0.05) is 6.92 Å². The first kappa shape index (κ1) is 17.1. The molecular formula is C14H14N4O6. The Morgan fingerprint density at radius 1 is 1.21 bits per heavy atom. The summed E-state index contributed by atoms with van der Waals surface area (Å²) in [4.78, 5) is 58.1. The summed E-state index contributed by atoms with van der Waals surface area (Å²) >= 11 is 0. The summed E-state index contributed by atoms with van der Waals surface area (Å²) in [7, 11) is 0. The number of benzene rings is 1. The molecule has 0 atom stereocenters. The fraction of sp³-hybridized carbons (Fsp3) is 0.286. The van der Waals surface area contributed by atoms with E-state index in [9.17, 15) is 29.3 Å². The number of urea groups is 1. The van der Waals surface area contributed by atoms with Crippen molar-refractivity contribution in [1.29, 1.82) is 0 Å². The maximum Gasteiger partial charge on any atom is 0.321 e. The van der Waals surface area contributed by atoms with Crippen molar-refractivity contribution >= 4 is 29.4 Å². The van der Waals surface area contributed by atoms with E-state index < -0.39 is 35.2 Å². The van der Waals surface area contributed by atoms with Gasteiger partial charge in [-0.05, 0) is 12.5 Å². The Morgan fingerprint density at radius 2 is 1.88 bits per heavy atom. The lowest BCUT2D eigenvalue weighted by molar-refractivity contribution is -0.384. The molecule has 2 N–H and O–H groups in total. The maximum atomic E-state index is 12.2. The molecule has 0 spiro atoms. The van der Waals surface area contributed by atoms with E-state index in [1.165, 1.54) is 6.07 Å². The number of fused-ring (bicyclic) bond motifs is 1. The predicted molar refractivity (Wildman–Crippen MR) is 80.3 cm³/mol. The highest BCUT2D eigenvalue weighted by molar-refractivity contribution is 6.22. The van der Waals surface area contributed by atoms with Crippen LogP contribution < -0.4 is 10.6 Å². The zero-order chi connectivity index (χ0) is 17.9. The Balaban J connectivity index is 2.09. The minimum absolute atomic E-state index is 0.0196. The number of nitrogens with zero attached hydrogens (tertiary/aromatic N) is 2. The van der Waals surface area contributed by atoms with Gasteiger partial charge in [0.25, 0.3) is 17.5 Å². The number of carbonyl (C=O) groups excluding carboxylic acids is 4. The fourth-order valence-electron chi connectivity index (χ4n) is 2.13. The number of nitro groups is 1. The van der Waals surface area contributed by atoms with Crippen LogP contribution in [0.2, 0.25) is 0 Å². The van der Waals surface area contributed by atoms with Gasteiger partial charge in [-0.25, -0.2) is 4.79 Å². The smallest absolute Gasteiger partial charge is 0.321 e. The third kappa shape index (κ3) is 3.37. The molecule has 0 unspecified atom stereocenters. The van der Waals surface area contributed by atoms with E-state index in [0.717, 1.165) is 12.1 Å². The first-order valence-corrected chi connectivity index (χ1v) is 7.07. The SMILES string of the molecule is CCCNC(=O)NC(=O)CN1C(=O)c2ccc([N+](=O)[O-])cc2C1=O. The highest BCUT2D eigenvalue weighted by Gasteiger charge is 2.37. The van der Waals surface area contributed by atoms with Crippen molar-refractivity contribution in [2.45, 2.75) is 13.3 Å². The molecule has 126 valence electrons. The molecule has 1 heterocycles. The minimum atomic E-state index is -0.840. The van der Waals surface area contributed by atoms with Crippen LogP contribution in [0.1, 0.15) is 34.1 Å². The zero-order valence-electron chi connectivity index (χ0n) is 12.7. The summed E-state index contributed by atoms with van der Waals surface area (Å²) in [6, 6.07) is 2.53. The van der Waals surface area contributed by atoms with Gasteiger partial charge in [0, 0.05) is 18.7 Å². The van der Waals surface area contributed by atoms with Crippen molar-refractivity contribution in [3.05, 3.63) is 39.4 Å². The molecule has 0 fully saturated rings. The molecule has 0 aliphatic carbocycles. The van der Waals surface area contributed by atoms with Crippen molar-refractivity contribution in [1.82, 2.24) is 15.5 Å². The van der Waals surface area contributed by atoms with E-state index in [4.69, 9.17) is 0 Å². The molecule has 5 amide bonds. The summed E-state index contributed by atoms with van der Waals surface area (Å²) in [5.41, 5.74) is -0.494. The summed E-state index contributed by atoms with van der Waals surface area (Å²) < 4.78 is 0. The number of non-ortho nitro benzene ring substituents is 1. The van der Waals surface area contributed by atoms with Crippen molar-refractivity contribution in [3.63, 3.8) is 0 Å².